The Labute approximate surface area is 212 Å². The first kappa shape index (κ1) is 25.3. The highest BCUT2D eigenvalue weighted by molar-refractivity contribution is 7.93. The van der Waals surface area contributed by atoms with Gasteiger partial charge in [-0.05, 0) is 61.5 Å². The van der Waals surface area contributed by atoms with Crippen LogP contribution in [0.25, 0.3) is 10.8 Å². The number of carbonyl (C=O) groups excluding carboxylic acids is 1. The molecule has 4 aromatic rings. The van der Waals surface area contributed by atoms with Gasteiger partial charge in [0.15, 0.2) is 0 Å². The van der Waals surface area contributed by atoms with Crippen molar-refractivity contribution in [1.82, 2.24) is 5.32 Å². The van der Waals surface area contributed by atoms with Crippen molar-refractivity contribution < 1.29 is 17.9 Å². The molecule has 186 valence electrons. The van der Waals surface area contributed by atoms with Crippen molar-refractivity contribution in [3.8, 4) is 5.75 Å². The van der Waals surface area contributed by atoms with Crippen molar-refractivity contribution in [2.75, 3.05) is 17.5 Å². The predicted octanol–water partition coefficient (Wildman–Crippen LogP) is 5.24. The molecule has 4 aromatic carbocycles. The number of fused-ring (bicyclic) bond motifs is 1. The first-order chi connectivity index (χ1) is 17.3. The second-order valence-corrected chi connectivity index (χ2v) is 10.6. The fraction of sp³-hybridized carbons (Fsp3) is 0.207. The summed E-state index contributed by atoms with van der Waals surface area (Å²) in [7, 11) is -4.06. The number of para-hydroxylation sites is 1. The van der Waals surface area contributed by atoms with E-state index in [4.69, 9.17) is 4.74 Å². The van der Waals surface area contributed by atoms with Gasteiger partial charge in [0.2, 0.25) is 5.91 Å². The van der Waals surface area contributed by atoms with E-state index in [1.807, 2.05) is 81.4 Å². The molecule has 0 fully saturated rings. The molecule has 6 nitrogen and oxygen atoms in total. The van der Waals surface area contributed by atoms with Crippen molar-refractivity contribution in [1.29, 1.82) is 0 Å². The minimum atomic E-state index is -4.06. The summed E-state index contributed by atoms with van der Waals surface area (Å²) in [6.07, 6.45) is 0. The molecule has 1 N–H and O–H groups in total. The quantitative estimate of drug-likeness (QED) is 0.340. The standard InChI is InChI=1S/C29H30N2O4S/c1-21-11-9-17-27(23(21)3)31(19-29(32)30-22(2)20-35-25-14-5-4-6-15-25)36(33,34)28-18-10-13-24-12-7-8-16-26(24)28/h4-18,22H,19-20H2,1-3H3,(H,30,32). The lowest BCUT2D eigenvalue weighted by Gasteiger charge is -2.27. The molecule has 0 spiro atoms. The fourth-order valence-electron chi connectivity index (χ4n) is 4.08. The summed E-state index contributed by atoms with van der Waals surface area (Å²) in [5, 5.41) is 4.30. The molecular weight excluding hydrogens is 472 g/mol. The van der Waals surface area contributed by atoms with Crippen molar-refractivity contribution in [3.05, 3.63) is 102 Å². The van der Waals surface area contributed by atoms with Gasteiger partial charge in [-0.25, -0.2) is 8.42 Å². The average molecular weight is 503 g/mol. The smallest absolute Gasteiger partial charge is 0.265 e. The molecule has 0 saturated carbocycles. The Morgan fingerprint density at radius 2 is 1.56 bits per heavy atom. The van der Waals surface area contributed by atoms with Crippen LogP contribution in [-0.4, -0.2) is 33.5 Å². The van der Waals surface area contributed by atoms with Crippen molar-refractivity contribution in [2.24, 2.45) is 0 Å². The summed E-state index contributed by atoms with van der Waals surface area (Å²) in [6.45, 7) is 5.51. The van der Waals surface area contributed by atoms with E-state index in [0.29, 0.717) is 16.8 Å². The third-order valence-electron chi connectivity index (χ3n) is 6.10. The van der Waals surface area contributed by atoms with E-state index in [2.05, 4.69) is 5.32 Å². The van der Waals surface area contributed by atoms with Crippen LogP contribution in [0.5, 0.6) is 5.75 Å². The van der Waals surface area contributed by atoms with Gasteiger partial charge in [0, 0.05) is 5.39 Å². The number of rotatable bonds is 9. The number of carbonyl (C=O) groups is 1. The Hall–Kier alpha value is -3.84. The summed E-state index contributed by atoms with van der Waals surface area (Å²) >= 11 is 0. The maximum atomic E-state index is 14.1. The van der Waals surface area contributed by atoms with Gasteiger partial charge in [0.25, 0.3) is 10.0 Å². The molecule has 1 unspecified atom stereocenters. The number of aryl methyl sites for hydroxylation is 1. The number of anilines is 1. The highest BCUT2D eigenvalue weighted by atomic mass is 32.2. The molecule has 0 radical (unpaired) electrons. The van der Waals surface area contributed by atoms with Gasteiger partial charge < -0.3 is 10.1 Å². The highest BCUT2D eigenvalue weighted by Crippen LogP contribution is 2.31. The molecule has 1 atom stereocenters. The van der Waals surface area contributed by atoms with E-state index >= 15 is 0 Å². The molecular formula is C29H30N2O4S. The van der Waals surface area contributed by atoms with Crippen LogP contribution in [0.1, 0.15) is 18.1 Å². The second-order valence-electron chi connectivity index (χ2n) is 8.80. The van der Waals surface area contributed by atoms with Crippen LogP contribution in [0.2, 0.25) is 0 Å². The van der Waals surface area contributed by atoms with Gasteiger partial charge in [-0.15, -0.1) is 0 Å². The van der Waals surface area contributed by atoms with Crippen molar-refractivity contribution in [2.45, 2.75) is 31.7 Å². The zero-order valence-electron chi connectivity index (χ0n) is 20.6. The topological polar surface area (TPSA) is 75.7 Å². The number of ether oxygens (including phenoxy) is 1. The van der Waals surface area contributed by atoms with Crippen LogP contribution < -0.4 is 14.4 Å². The lowest BCUT2D eigenvalue weighted by Crippen LogP contribution is -2.45. The Bertz CT molecular complexity index is 1460. The minimum Gasteiger partial charge on any atom is -0.491 e. The van der Waals surface area contributed by atoms with Gasteiger partial charge in [0.1, 0.15) is 18.9 Å². The summed E-state index contributed by atoms with van der Waals surface area (Å²) in [5.41, 5.74) is 2.22. The van der Waals surface area contributed by atoms with E-state index in [1.165, 1.54) is 4.31 Å². The summed E-state index contributed by atoms with van der Waals surface area (Å²) in [6, 6.07) is 27.0. The summed E-state index contributed by atoms with van der Waals surface area (Å²) < 4.78 is 35.1. The lowest BCUT2D eigenvalue weighted by atomic mass is 10.1. The van der Waals surface area contributed by atoms with Crippen LogP contribution in [0.4, 0.5) is 5.69 Å². The number of nitrogens with one attached hydrogen (secondary N) is 1. The monoisotopic (exact) mass is 502 g/mol. The summed E-state index contributed by atoms with van der Waals surface area (Å²) in [5.74, 6) is 0.290. The van der Waals surface area contributed by atoms with Crippen LogP contribution >= 0.6 is 0 Å². The van der Waals surface area contributed by atoms with E-state index in [1.54, 1.807) is 30.3 Å². The van der Waals surface area contributed by atoms with Gasteiger partial charge in [0.05, 0.1) is 16.6 Å². The molecule has 0 aromatic heterocycles. The Kier molecular flexibility index (Phi) is 7.60. The number of amides is 1. The Balaban J connectivity index is 1.63. The Morgan fingerprint density at radius 1 is 0.889 bits per heavy atom. The van der Waals surface area contributed by atoms with Crippen LogP contribution in [0, 0.1) is 13.8 Å². The van der Waals surface area contributed by atoms with E-state index in [0.717, 1.165) is 16.5 Å². The summed E-state index contributed by atoms with van der Waals surface area (Å²) in [4.78, 5) is 13.3. The number of hydrogen-bond donors (Lipinski definition) is 1. The van der Waals surface area contributed by atoms with Crippen LogP contribution in [0.3, 0.4) is 0 Å². The van der Waals surface area contributed by atoms with Crippen molar-refractivity contribution in [3.63, 3.8) is 0 Å². The molecule has 0 heterocycles. The SMILES string of the molecule is Cc1cccc(N(CC(=O)NC(C)COc2ccccc2)S(=O)(=O)c2cccc3ccccc23)c1C. The van der Waals surface area contributed by atoms with Gasteiger partial charge in [-0.1, -0.05) is 66.7 Å². The molecule has 4 rings (SSSR count). The zero-order valence-corrected chi connectivity index (χ0v) is 21.5. The number of benzene rings is 4. The van der Waals surface area contributed by atoms with E-state index < -0.39 is 15.9 Å². The van der Waals surface area contributed by atoms with E-state index in [-0.39, 0.29) is 24.1 Å². The van der Waals surface area contributed by atoms with E-state index in [9.17, 15) is 13.2 Å². The van der Waals surface area contributed by atoms with Gasteiger partial charge in [-0.3, -0.25) is 9.10 Å². The molecule has 0 aliphatic rings. The third-order valence-corrected chi connectivity index (χ3v) is 7.92. The largest absolute Gasteiger partial charge is 0.491 e. The first-order valence-electron chi connectivity index (χ1n) is 11.8. The maximum Gasteiger partial charge on any atom is 0.265 e. The average Bonchev–Trinajstić information content (AvgIpc) is 2.88. The molecule has 0 bridgehead atoms. The Morgan fingerprint density at radius 3 is 2.33 bits per heavy atom. The van der Waals surface area contributed by atoms with Crippen molar-refractivity contribution >= 4 is 32.4 Å². The molecule has 36 heavy (non-hydrogen) atoms. The fourth-order valence-corrected chi connectivity index (χ4v) is 5.77. The highest BCUT2D eigenvalue weighted by Gasteiger charge is 2.30. The van der Waals surface area contributed by atoms with Gasteiger partial charge in [-0.2, -0.15) is 0 Å². The number of nitrogens with zero attached hydrogens (tertiary/aromatic N) is 1. The lowest BCUT2D eigenvalue weighted by molar-refractivity contribution is -0.120. The van der Waals surface area contributed by atoms with Gasteiger partial charge >= 0.3 is 0 Å². The van der Waals surface area contributed by atoms with Crippen LogP contribution in [0.15, 0.2) is 95.9 Å². The molecule has 0 saturated heterocycles. The molecule has 0 aliphatic carbocycles. The third kappa shape index (κ3) is 5.52. The van der Waals surface area contributed by atoms with Crippen LogP contribution in [-0.2, 0) is 14.8 Å². The molecule has 7 heteroatoms. The molecule has 1 amide bonds. The number of hydrogen-bond acceptors (Lipinski definition) is 4. The molecule has 0 aliphatic heterocycles. The predicted molar refractivity (Wildman–Crippen MR) is 144 cm³/mol. The normalized spacial score (nSPS) is 12.2. The maximum absolute atomic E-state index is 14.1. The zero-order chi connectivity index (χ0) is 25.7. The second kappa shape index (κ2) is 10.8. The first-order valence-corrected chi connectivity index (χ1v) is 13.3. The minimum absolute atomic E-state index is 0.162. The number of sulfonamides is 1.